The van der Waals surface area contributed by atoms with Crippen LogP contribution in [0.3, 0.4) is 0 Å². The number of carbonyl (C=O) groups excluding carboxylic acids is 4. The van der Waals surface area contributed by atoms with Crippen molar-refractivity contribution >= 4 is 122 Å². The van der Waals surface area contributed by atoms with Crippen LogP contribution in [0.2, 0.25) is 0 Å². The van der Waals surface area contributed by atoms with Crippen LogP contribution < -0.4 is 43.0 Å². The number of piperazine rings is 1. The van der Waals surface area contributed by atoms with Crippen molar-refractivity contribution in [3.05, 3.63) is 252 Å². The predicted octanol–water partition coefficient (Wildman–Crippen LogP) is 7.55. The van der Waals surface area contributed by atoms with Crippen LogP contribution in [0.1, 0.15) is 86.5 Å². The van der Waals surface area contributed by atoms with Crippen LogP contribution in [0.25, 0.3) is 44.1 Å². The van der Waals surface area contributed by atoms with Crippen molar-refractivity contribution < 1.29 is 58.1 Å². The van der Waals surface area contributed by atoms with Gasteiger partial charge in [0.15, 0.2) is 23.1 Å². The molecule has 0 unspecified atom stereocenters. The second-order valence-electron chi connectivity index (χ2n) is 24.8. The highest BCUT2D eigenvalue weighted by molar-refractivity contribution is 7.86. The number of hydrogen-bond acceptors (Lipinski definition) is 24. The van der Waals surface area contributed by atoms with Gasteiger partial charge in [-0.25, -0.2) is 0 Å². The van der Waals surface area contributed by atoms with E-state index in [1.54, 1.807) is 89.8 Å². The first-order valence-corrected chi connectivity index (χ1v) is 36.1. The third kappa shape index (κ3) is 11.8. The van der Waals surface area contributed by atoms with Gasteiger partial charge in [-0.2, -0.15) is 55.2 Å². The fraction of sp³-hybridized carbons (Fsp3) is 0.111. The molecule has 1 saturated heterocycles. The SMILES string of the molecule is Cn1c(=O)c(C(=O)c2ccccc2)c2c3c(c(Nc4ccc(S(=O)(=O)O)c(Cc5nc(N)nc(N6CCN(c7nc(N)nc(Cc8ccc(S(=O)(=O)O)c(Nc9ccc%10c%11c9C(=O)c9ccccc9-c%11c(C(=O)c9cccc(S(=O)(=O)O)c9)c(=O)n%10C)c8)n7)CC6)n5)c4)ccc31)C(=O)c1ccccc1-2. The fourth-order valence-corrected chi connectivity index (χ4v) is 15.6. The summed E-state index contributed by atoms with van der Waals surface area (Å²) in [7, 11) is -11.8. The van der Waals surface area contributed by atoms with E-state index in [0.717, 1.165) is 22.8 Å². The number of aryl methyl sites for hydroxylation is 2. The summed E-state index contributed by atoms with van der Waals surface area (Å²) in [6.45, 7) is 0.982. The minimum absolute atomic E-state index is 0.00118. The van der Waals surface area contributed by atoms with Crippen LogP contribution in [0.4, 0.5) is 46.5 Å². The van der Waals surface area contributed by atoms with Crippen LogP contribution in [0.5, 0.6) is 0 Å². The van der Waals surface area contributed by atoms with Gasteiger partial charge in [-0.05, 0) is 89.0 Å². The topological polar surface area (TPSA) is 435 Å². The van der Waals surface area contributed by atoms with Gasteiger partial charge < -0.3 is 41.0 Å². The van der Waals surface area contributed by atoms with E-state index in [1.165, 1.54) is 79.3 Å². The summed E-state index contributed by atoms with van der Waals surface area (Å²) < 4.78 is 110. The molecule has 12 aromatic rings. The number of nitrogens with two attached hydrogens (primary N) is 2. The molecule has 4 aromatic heterocycles. The second kappa shape index (κ2) is 25.2. The minimum atomic E-state index is -5.00. The fourth-order valence-electron chi connectivity index (χ4n) is 13.8. The van der Waals surface area contributed by atoms with E-state index in [-0.39, 0.29) is 169 Å². The highest BCUT2D eigenvalue weighted by Crippen LogP contribution is 2.47. The lowest BCUT2D eigenvalue weighted by atomic mass is 9.80. The number of ketones is 4. The molecule has 1 aliphatic heterocycles. The number of benzene rings is 8. The Labute approximate surface area is 589 Å². The van der Waals surface area contributed by atoms with Crippen molar-refractivity contribution in [3.63, 3.8) is 0 Å². The molecule has 0 bridgehead atoms. The van der Waals surface area contributed by atoms with E-state index in [2.05, 4.69) is 35.6 Å². The van der Waals surface area contributed by atoms with Gasteiger partial charge in [-0.3, -0.25) is 42.4 Å². The van der Waals surface area contributed by atoms with Crippen LogP contribution in [0.15, 0.2) is 188 Å². The Morgan fingerprint density at radius 1 is 0.452 bits per heavy atom. The monoisotopic (exact) mass is 1450 g/mol. The van der Waals surface area contributed by atoms with Gasteiger partial charge in [0.05, 0.1) is 60.1 Å². The highest BCUT2D eigenvalue weighted by Gasteiger charge is 2.37. The lowest BCUT2D eigenvalue weighted by molar-refractivity contribution is 0.102. The maximum absolute atomic E-state index is 14.8. The number of anilines is 8. The highest BCUT2D eigenvalue weighted by atomic mass is 32.2. The average molecular weight is 1450 g/mol. The summed E-state index contributed by atoms with van der Waals surface area (Å²) in [5.74, 6) is -2.37. The van der Waals surface area contributed by atoms with E-state index >= 15 is 0 Å². The van der Waals surface area contributed by atoms with E-state index in [4.69, 9.17) is 16.5 Å². The number of fused-ring (bicyclic) bond motifs is 4. The van der Waals surface area contributed by atoms with Crippen LogP contribution in [0, 0.1) is 0 Å². The Hall–Kier alpha value is -12.6. The first-order chi connectivity index (χ1) is 49.6. The quantitative estimate of drug-likeness (QED) is 0.0342. The summed E-state index contributed by atoms with van der Waals surface area (Å²) in [4.78, 5) is 116. The Kier molecular flexibility index (Phi) is 16.3. The number of nitrogen functional groups attached to an aromatic ring is 2. The zero-order valence-corrected chi connectivity index (χ0v) is 56.9. The third-order valence-electron chi connectivity index (χ3n) is 18.5. The Morgan fingerprint density at radius 3 is 1.44 bits per heavy atom. The molecular weight excluding hydrogens is 1400 g/mol. The van der Waals surface area contributed by atoms with Gasteiger partial charge in [0.1, 0.15) is 16.5 Å². The summed E-state index contributed by atoms with van der Waals surface area (Å²) >= 11 is 0. The normalized spacial score (nSPS) is 13.4. The first kappa shape index (κ1) is 67.2. The molecule has 0 radical (unpaired) electrons. The van der Waals surface area contributed by atoms with E-state index in [0.29, 0.717) is 22.0 Å². The molecule has 1 fully saturated rings. The maximum atomic E-state index is 14.8. The third-order valence-corrected chi connectivity index (χ3v) is 21.2. The molecule has 0 spiro atoms. The molecule has 104 heavy (non-hydrogen) atoms. The Bertz CT molecular complexity index is 6330. The number of nitrogens with zero attached hydrogens (tertiary/aromatic N) is 10. The zero-order chi connectivity index (χ0) is 73.2. The summed E-state index contributed by atoms with van der Waals surface area (Å²) in [6, 6.07) is 39.9. The molecule has 5 heterocycles. The van der Waals surface area contributed by atoms with E-state index in [9.17, 15) is 67.7 Å². The van der Waals surface area contributed by atoms with Crippen molar-refractivity contribution in [2.75, 3.05) is 58.1 Å². The van der Waals surface area contributed by atoms with E-state index < -0.39 is 84.9 Å². The van der Waals surface area contributed by atoms with Gasteiger partial charge in [0.2, 0.25) is 23.8 Å². The largest absolute Gasteiger partial charge is 0.368 e. The van der Waals surface area contributed by atoms with E-state index in [1.807, 2.05) is 4.90 Å². The lowest BCUT2D eigenvalue weighted by Crippen LogP contribution is -2.48. The van der Waals surface area contributed by atoms with Gasteiger partial charge in [0.25, 0.3) is 41.5 Å². The Morgan fingerprint density at radius 2 is 0.923 bits per heavy atom. The van der Waals surface area contributed by atoms with Crippen molar-refractivity contribution in [3.8, 4) is 22.3 Å². The molecule has 32 heteroatoms. The minimum Gasteiger partial charge on any atom is -0.368 e. The molecule has 2 aliphatic carbocycles. The number of nitrogens with one attached hydrogen (secondary N) is 2. The first-order valence-electron chi connectivity index (χ1n) is 31.7. The molecule has 9 N–H and O–H groups in total. The van der Waals surface area contributed by atoms with Crippen LogP contribution in [-0.2, 0) is 57.3 Å². The molecule has 0 atom stereocenters. The number of carbonyl (C=O) groups is 4. The standard InChI is InChI=1S/C72H54N14O15S3/c1-83-49-23-21-46(57-59(49)55(42-15-6-8-17-44(42)65(57)89)61(67(83)91)63(87)37-11-4-3-5-12-37)75-40-20-26-51(103(96,97)98)39(33-40)35-54-78-70(74)82-72(80-54)86-29-27-85(28-30-86)71-79-53(77-69(73)81-71)32-36-19-25-52(104(99,100)101)48(31-36)76-47-22-24-50-60-56(43-16-7-9-18-45(43)66(90)58(47)60)62(68(92)84(50)2)64(88)38-13-10-14-41(34-38)102(93,94)95/h3-26,31,33-34,75-76H,27-30,32,35H2,1-2H3,(H,93,94,95)(H,96,97,98)(H,99,100,101)(H2,73,77,79,81)(H2,74,78,80,82). The summed E-state index contributed by atoms with van der Waals surface area (Å²) in [5, 5.41) is 6.75. The molecule has 8 aromatic carbocycles. The lowest BCUT2D eigenvalue weighted by Gasteiger charge is -2.34. The molecule has 520 valence electrons. The van der Waals surface area contributed by atoms with Gasteiger partial charge in [-0.15, -0.1) is 0 Å². The molecular formula is C72H54N14O15S3. The molecule has 3 aliphatic rings. The smallest absolute Gasteiger partial charge is 0.296 e. The van der Waals surface area contributed by atoms with Gasteiger partial charge >= 0.3 is 0 Å². The maximum Gasteiger partial charge on any atom is 0.296 e. The molecule has 29 nitrogen and oxygen atoms in total. The number of aromatic nitrogens is 8. The van der Waals surface area contributed by atoms with Crippen LogP contribution in [-0.4, -0.2) is 127 Å². The van der Waals surface area contributed by atoms with Crippen molar-refractivity contribution in [2.24, 2.45) is 14.1 Å². The van der Waals surface area contributed by atoms with Gasteiger partial charge in [-0.1, -0.05) is 97.1 Å². The van der Waals surface area contributed by atoms with Crippen molar-refractivity contribution in [2.45, 2.75) is 27.5 Å². The zero-order valence-electron chi connectivity index (χ0n) is 54.4. The number of pyridine rings is 2. The number of rotatable bonds is 17. The molecule has 15 rings (SSSR count). The number of hydrogen-bond donors (Lipinski definition) is 7. The molecule has 0 saturated carbocycles. The Balaban J connectivity index is 0.691. The second-order valence-corrected chi connectivity index (χ2v) is 29.0. The van der Waals surface area contributed by atoms with Gasteiger partial charge in [0, 0.05) is 103 Å². The van der Waals surface area contributed by atoms with Crippen molar-refractivity contribution in [1.29, 1.82) is 0 Å². The molecule has 0 amide bonds. The summed E-state index contributed by atoms with van der Waals surface area (Å²) in [6.07, 6.45) is -0.403. The van der Waals surface area contributed by atoms with Crippen molar-refractivity contribution in [1.82, 2.24) is 39.0 Å². The average Bonchev–Trinajstić information content (AvgIpc) is 0.712. The summed E-state index contributed by atoms with van der Waals surface area (Å²) in [5.41, 5.74) is 13.3. The van der Waals surface area contributed by atoms with Crippen LogP contribution >= 0.6 is 0 Å². The predicted molar refractivity (Wildman–Crippen MR) is 383 cm³/mol.